The number of hydrogen-bond donors (Lipinski definition) is 1. The highest BCUT2D eigenvalue weighted by Crippen LogP contribution is 2.38. The number of unbranched alkanes of at least 4 members (excludes halogenated alkanes) is 2. The minimum absolute atomic E-state index is 0.0142. The third-order valence-electron chi connectivity index (χ3n) is 7.49. The first kappa shape index (κ1) is 29.9. The quantitative estimate of drug-likeness (QED) is 0.197. The summed E-state index contributed by atoms with van der Waals surface area (Å²) in [7, 11) is -1.96. The SMILES string of the molecule is CCCCS(=O)(=O)Nc1ccc(Oc2ccnc3cc(OCCCCC4CCCC(C)C4)c(OC)cc23)c(F)c1. The number of nitrogens with one attached hydrogen (secondary N) is 1. The Hall–Kier alpha value is -3.07. The molecule has 1 heterocycles. The number of halogens is 1. The van der Waals surface area contributed by atoms with Gasteiger partial charge in [-0.2, -0.15) is 0 Å². The Morgan fingerprint density at radius 3 is 2.62 bits per heavy atom. The van der Waals surface area contributed by atoms with E-state index in [0.717, 1.165) is 37.2 Å². The topological polar surface area (TPSA) is 86.8 Å². The van der Waals surface area contributed by atoms with Gasteiger partial charge in [-0.25, -0.2) is 12.8 Å². The molecule has 1 fully saturated rings. The Morgan fingerprint density at radius 2 is 1.88 bits per heavy atom. The third-order valence-corrected chi connectivity index (χ3v) is 8.86. The molecule has 1 aromatic heterocycles. The molecule has 3 aromatic rings. The molecule has 1 N–H and O–H groups in total. The zero-order chi connectivity index (χ0) is 28.5. The molecule has 218 valence electrons. The molecule has 9 heteroatoms. The first-order valence-electron chi connectivity index (χ1n) is 14.4. The van der Waals surface area contributed by atoms with Gasteiger partial charge in [0.1, 0.15) is 5.75 Å². The molecule has 7 nitrogen and oxygen atoms in total. The van der Waals surface area contributed by atoms with Gasteiger partial charge in [0.25, 0.3) is 0 Å². The third kappa shape index (κ3) is 8.22. The summed E-state index contributed by atoms with van der Waals surface area (Å²) in [6, 6.07) is 9.24. The van der Waals surface area contributed by atoms with Crippen LogP contribution in [0.5, 0.6) is 23.0 Å². The van der Waals surface area contributed by atoms with E-state index in [1.807, 2.05) is 13.0 Å². The van der Waals surface area contributed by atoms with E-state index in [1.165, 1.54) is 44.2 Å². The number of ether oxygens (including phenoxy) is 3. The molecule has 1 aliphatic rings. The number of sulfonamides is 1. The number of hydrogen-bond acceptors (Lipinski definition) is 6. The Balaban J connectivity index is 1.41. The van der Waals surface area contributed by atoms with Crippen molar-refractivity contribution >= 4 is 26.6 Å². The molecule has 0 saturated heterocycles. The van der Waals surface area contributed by atoms with Gasteiger partial charge in [-0.15, -0.1) is 0 Å². The van der Waals surface area contributed by atoms with Crippen LogP contribution in [-0.2, 0) is 10.0 Å². The molecular formula is C31H41FN2O5S. The average molecular weight is 573 g/mol. The lowest BCUT2D eigenvalue weighted by Crippen LogP contribution is -2.16. The molecular weight excluding hydrogens is 531 g/mol. The predicted octanol–water partition coefficient (Wildman–Crippen LogP) is 8.09. The number of anilines is 1. The predicted molar refractivity (Wildman–Crippen MR) is 158 cm³/mol. The fourth-order valence-electron chi connectivity index (χ4n) is 5.36. The van der Waals surface area contributed by atoms with Crippen molar-refractivity contribution in [2.45, 2.75) is 71.6 Å². The van der Waals surface area contributed by atoms with Crippen LogP contribution in [-0.4, -0.2) is 32.9 Å². The van der Waals surface area contributed by atoms with Gasteiger partial charge < -0.3 is 14.2 Å². The van der Waals surface area contributed by atoms with Crippen LogP contribution in [0.4, 0.5) is 10.1 Å². The molecule has 1 saturated carbocycles. The largest absolute Gasteiger partial charge is 0.493 e. The van der Waals surface area contributed by atoms with E-state index in [1.54, 1.807) is 25.4 Å². The fraction of sp³-hybridized carbons (Fsp3) is 0.516. The Kier molecular flexibility index (Phi) is 10.5. The normalized spacial score (nSPS) is 17.5. The van der Waals surface area contributed by atoms with Gasteiger partial charge in [-0.3, -0.25) is 9.71 Å². The van der Waals surface area contributed by atoms with E-state index in [9.17, 15) is 12.8 Å². The first-order chi connectivity index (χ1) is 19.3. The Bertz CT molecular complexity index is 1380. The van der Waals surface area contributed by atoms with Crippen LogP contribution in [0.25, 0.3) is 10.9 Å². The molecule has 0 amide bonds. The number of rotatable bonds is 14. The zero-order valence-electron chi connectivity index (χ0n) is 23.7. The van der Waals surface area contributed by atoms with Crippen LogP contribution in [0.3, 0.4) is 0 Å². The highest BCUT2D eigenvalue weighted by molar-refractivity contribution is 7.92. The van der Waals surface area contributed by atoms with Crippen LogP contribution < -0.4 is 18.9 Å². The van der Waals surface area contributed by atoms with Crippen molar-refractivity contribution in [3.63, 3.8) is 0 Å². The van der Waals surface area contributed by atoms with E-state index in [2.05, 4.69) is 16.6 Å². The van der Waals surface area contributed by atoms with Crippen LogP contribution in [0.2, 0.25) is 0 Å². The average Bonchev–Trinajstić information content (AvgIpc) is 2.93. The molecule has 40 heavy (non-hydrogen) atoms. The molecule has 0 bridgehead atoms. The monoisotopic (exact) mass is 572 g/mol. The van der Waals surface area contributed by atoms with E-state index in [-0.39, 0.29) is 17.2 Å². The zero-order valence-corrected chi connectivity index (χ0v) is 24.6. The van der Waals surface area contributed by atoms with Crippen LogP contribution in [0.15, 0.2) is 42.6 Å². The number of aromatic nitrogens is 1. The number of fused-ring (bicyclic) bond motifs is 1. The van der Waals surface area contributed by atoms with Crippen molar-refractivity contribution in [1.29, 1.82) is 0 Å². The van der Waals surface area contributed by atoms with Crippen molar-refractivity contribution in [2.24, 2.45) is 11.8 Å². The van der Waals surface area contributed by atoms with Crippen LogP contribution >= 0.6 is 0 Å². The molecule has 2 unspecified atom stereocenters. The molecule has 2 atom stereocenters. The standard InChI is InChI=1S/C31H41FN2O5S/c1-4-5-17-40(35,36)34-24-12-13-29(26(32)19-24)39-28-14-15-33-27-21-31(30(37-3)20-25(27)28)38-16-7-6-10-23-11-8-9-22(2)18-23/h12-15,19-23,34H,4-11,16-18H2,1-3H3. The maximum atomic E-state index is 14.9. The van der Waals surface area contributed by atoms with E-state index in [4.69, 9.17) is 14.2 Å². The van der Waals surface area contributed by atoms with Gasteiger partial charge in [-0.1, -0.05) is 46.0 Å². The second kappa shape index (κ2) is 14.0. The van der Waals surface area contributed by atoms with Crippen molar-refractivity contribution in [2.75, 3.05) is 24.2 Å². The van der Waals surface area contributed by atoms with E-state index >= 15 is 0 Å². The van der Waals surface area contributed by atoms with Gasteiger partial charge >= 0.3 is 0 Å². The number of methoxy groups -OCH3 is 1. The van der Waals surface area contributed by atoms with Gasteiger partial charge in [-0.05, 0) is 61.8 Å². The molecule has 0 aliphatic heterocycles. The highest BCUT2D eigenvalue weighted by Gasteiger charge is 2.19. The van der Waals surface area contributed by atoms with Gasteiger partial charge in [0.15, 0.2) is 23.1 Å². The van der Waals surface area contributed by atoms with Crippen LogP contribution in [0.1, 0.15) is 71.6 Å². The fourth-order valence-corrected chi connectivity index (χ4v) is 6.62. The summed E-state index contributed by atoms with van der Waals surface area (Å²) in [5.74, 6) is 2.51. The van der Waals surface area contributed by atoms with Crippen molar-refractivity contribution < 1.29 is 27.0 Å². The van der Waals surface area contributed by atoms with Gasteiger partial charge in [0, 0.05) is 23.7 Å². The summed E-state index contributed by atoms with van der Waals surface area (Å²) in [4.78, 5) is 4.45. The lowest BCUT2D eigenvalue weighted by molar-refractivity contribution is 0.248. The Labute approximate surface area is 237 Å². The lowest BCUT2D eigenvalue weighted by atomic mass is 9.80. The second-order valence-electron chi connectivity index (χ2n) is 10.8. The highest BCUT2D eigenvalue weighted by atomic mass is 32.2. The lowest BCUT2D eigenvalue weighted by Gasteiger charge is -2.26. The first-order valence-corrected chi connectivity index (χ1v) is 16.0. The molecule has 1 aliphatic carbocycles. The maximum Gasteiger partial charge on any atom is 0.232 e. The minimum Gasteiger partial charge on any atom is -0.493 e. The Morgan fingerprint density at radius 1 is 1.02 bits per heavy atom. The molecule has 2 aromatic carbocycles. The smallest absolute Gasteiger partial charge is 0.232 e. The summed E-state index contributed by atoms with van der Waals surface area (Å²) in [6.45, 7) is 4.87. The maximum absolute atomic E-state index is 14.9. The summed E-state index contributed by atoms with van der Waals surface area (Å²) >= 11 is 0. The van der Waals surface area contributed by atoms with Gasteiger partial charge in [0.2, 0.25) is 10.0 Å². The second-order valence-corrected chi connectivity index (χ2v) is 12.7. The number of nitrogens with zero attached hydrogens (tertiary/aromatic N) is 1. The molecule has 0 spiro atoms. The van der Waals surface area contributed by atoms with Crippen molar-refractivity contribution in [3.8, 4) is 23.0 Å². The molecule has 4 rings (SSSR count). The number of benzene rings is 2. The van der Waals surface area contributed by atoms with E-state index in [0.29, 0.717) is 41.2 Å². The van der Waals surface area contributed by atoms with Crippen molar-refractivity contribution in [1.82, 2.24) is 4.98 Å². The van der Waals surface area contributed by atoms with Crippen molar-refractivity contribution in [3.05, 3.63) is 48.4 Å². The summed E-state index contributed by atoms with van der Waals surface area (Å²) < 4.78 is 59.2. The van der Waals surface area contributed by atoms with Crippen LogP contribution in [0, 0.1) is 17.7 Å². The minimum atomic E-state index is -3.54. The summed E-state index contributed by atoms with van der Waals surface area (Å²) in [5, 5.41) is 0.641. The van der Waals surface area contributed by atoms with Gasteiger partial charge in [0.05, 0.1) is 30.7 Å². The number of pyridine rings is 1. The molecule has 0 radical (unpaired) electrons. The van der Waals surface area contributed by atoms with E-state index < -0.39 is 15.8 Å². The summed E-state index contributed by atoms with van der Waals surface area (Å²) in [6.07, 6.45) is 11.7. The summed E-state index contributed by atoms with van der Waals surface area (Å²) in [5.41, 5.74) is 0.780.